The van der Waals surface area contributed by atoms with Gasteiger partial charge < -0.3 is 13.9 Å². The second kappa shape index (κ2) is 11.1. The summed E-state index contributed by atoms with van der Waals surface area (Å²) in [5.41, 5.74) is 2.84. The van der Waals surface area contributed by atoms with Crippen LogP contribution in [0.1, 0.15) is 16.1 Å². The number of halogens is 4. The first-order chi connectivity index (χ1) is 14.8. The minimum absolute atomic E-state index is 0.0709. The number of esters is 1. The van der Waals surface area contributed by atoms with Crippen molar-refractivity contribution in [2.24, 2.45) is 5.10 Å². The lowest BCUT2D eigenvalue weighted by Crippen LogP contribution is -2.24. The molecule has 3 rings (SSSR count). The summed E-state index contributed by atoms with van der Waals surface area (Å²) in [4.78, 5) is 24.2. The molecule has 31 heavy (non-hydrogen) atoms. The molecule has 0 spiro atoms. The largest absolute Gasteiger partial charge is 0.481 e. The summed E-state index contributed by atoms with van der Waals surface area (Å²) < 4.78 is 18.9. The second-order valence-electron chi connectivity index (χ2n) is 5.83. The summed E-state index contributed by atoms with van der Waals surface area (Å²) >= 11 is 13.5. The molecule has 0 saturated heterocycles. The fourth-order valence-electron chi connectivity index (χ4n) is 2.27. The maximum Gasteiger partial charge on any atom is 0.379 e. The van der Waals surface area contributed by atoms with Gasteiger partial charge in [0, 0.05) is 14.5 Å². The summed E-state index contributed by atoms with van der Waals surface area (Å²) in [7, 11) is 0. The topological polar surface area (TPSA) is 90.1 Å². The molecule has 2 aromatic carbocycles. The number of carbonyl (C=O) groups excluding carboxylic acids is 2. The lowest BCUT2D eigenvalue weighted by Gasteiger charge is -2.10. The van der Waals surface area contributed by atoms with Gasteiger partial charge in [0.15, 0.2) is 6.61 Å². The van der Waals surface area contributed by atoms with Gasteiger partial charge >= 0.3 is 5.97 Å². The van der Waals surface area contributed by atoms with Crippen LogP contribution in [0, 0.1) is 0 Å². The van der Waals surface area contributed by atoms with Crippen LogP contribution in [0.15, 0.2) is 76.1 Å². The number of nitrogens with zero attached hydrogens (tertiary/aromatic N) is 1. The smallest absolute Gasteiger partial charge is 0.379 e. The van der Waals surface area contributed by atoms with Crippen LogP contribution in [0.4, 0.5) is 0 Å². The minimum Gasteiger partial charge on any atom is -0.481 e. The zero-order valence-electron chi connectivity index (χ0n) is 15.4. The van der Waals surface area contributed by atoms with Gasteiger partial charge in [0.2, 0.25) is 5.76 Å². The van der Waals surface area contributed by atoms with Crippen LogP contribution in [0.25, 0.3) is 0 Å². The van der Waals surface area contributed by atoms with E-state index in [4.69, 9.17) is 13.9 Å². The number of benzene rings is 2. The lowest BCUT2D eigenvalue weighted by atomic mass is 10.2. The van der Waals surface area contributed by atoms with E-state index in [0.29, 0.717) is 20.3 Å². The number of hydrogen-bond donors (Lipinski definition) is 1. The normalized spacial score (nSPS) is 10.8. The highest BCUT2D eigenvalue weighted by atomic mass is 79.9. The molecule has 0 fully saturated rings. The molecule has 0 atom stereocenters. The molecule has 160 valence electrons. The summed E-state index contributed by atoms with van der Waals surface area (Å²) in [6, 6.07) is 11.7. The summed E-state index contributed by atoms with van der Waals surface area (Å²) in [5, 5.41) is 3.91. The van der Waals surface area contributed by atoms with Gasteiger partial charge in [0.1, 0.15) is 11.5 Å². The molecule has 11 heteroatoms. The predicted octanol–water partition coefficient (Wildman–Crippen LogP) is 6.08. The maximum atomic E-state index is 12.1. The van der Waals surface area contributed by atoms with Crippen molar-refractivity contribution in [1.82, 2.24) is 5.43 Å². The Morgan fingerprint density at radius 3 is 2.45 bits per heavy atom. The molecule has 0 aliphatic heterocycles. The molecule has 1 N–H and O–H groups in total. The van der Waals surface area contributed by atoms with Crippen LogP contribution in [-0.4, -0.2) is 24.7 Å². The van der Waals surface area contributed by atoms with Crippen molar-refractivity contribution in [1.29, 1.82) is 0 Å². The van der Waals surface area contributed by atoms with Gasteiger partial charge in [-0.1, -0.05) is 31.9 Å². The molecule has 0 aliphatic carbocycles. The molecule has 0 bridgehead atoms. The number of hydrazone groups is 1. The standard InChI is InChI=1S/C20H12Br4N2O5/c21-12-3-4-16(31-20(28)17-2-1-5-29-17)11(6-12)9-25-26-18(27)10-30-19-14(23)7-13(22)8-15(19)24/h1-9H,10H2,(H,26,27)/b25-9-. The van der Waals surface area contributed by atoms with Gasteiger partial charge in [0.25, 0.3) is 5.91 Å². The summed E-state index contributed by atoms with van der Waals surface area (Å²) in [6.07, 6.45) is 2.74. The quantitative estimate of drug-likeness (QED) is 0.142. The molecule has 1 amide bonds. The lowest BCUT2D eigenvalue weighted by molar-refractivity contribution is -0.123. The highest BCUT2D eigenvalue weighted by Gasteiger charge is 2.14. The molecular formula is C20H12Br4N2O5. The van der Waals surface area contributed by atoms with Crippen LogP contribution in [0.5, 0.6) is 11.5 Å². The van der Waals surface area contributed by atoms with Gasteiger partial charge in [-0.25, -0.2) is 10.2 Å². The van der Waals surface area contributed by atoms with E-state index < -0.39 is 11.9 Å². The fraction of sp³-hybridized carbons (Fsp3) is 0.0500. The maximum absolute atomic E-state index is 12.1. The molecular weight excluding hydrogens is 668 g/mol. The number of carbonyl (C=O) groups is 2. The van der Waals surface area contributed by atoms with Gasteiger partial charge in [-0.3, -0.25) is 4.79 Å². The van der Waals surface area contributed by atoms with Crippen LogP contribution in [0.2, 0.25) is 0 Å². The van der Waals surface area contributed by atoms with E-state index in [9.17, 15) is 9.59 Å². The van der Waals surface area contributed by atoms with E-state index in [0.717, 1.165) is 8.95 Å². The van der Waals surface area contributed by atoms with Crippen LogP contribution < -0.4 is 14.9 Å². The monoisotopic (exact) mass is 676 g/mol. The number of nitrogens with one attached hydrogen (secondary N) is 1. The van der Waals surface area contributed by atoms with Gasteiger partial charge in [0.05, 0.1) is 21.4 Å². The Kier molecular flexibility index (Phi) is 8.47. The Morgan fingerprint density at radius 2 is 1.77 bits per heavy atom. The van der Waals surface area contributed by atoms with E-state index in [1.807, 2.05) is 0 Å². The van der Waals surface area contributed by atoms with E-state index in [2.05, 4.69) is 74.2 Å². The van der Waals surface area contributed by atoms with Crippen molar-refractivity contribution in [3.63, 3.8) is 0 Å². The zero-order chi connectivity index (χ0) is 22.4. The number of hydrogen-bond acceptors (Lipinski definition) is 6. The average Bonchev–Trinajstić information content (AvgIpc) is 3.24. The molecule has 7 nitrogen and oxygen atoms in total. The Labute approximate surface area is 210 Å². The highest BCUT2D eigenvalue weighted by Crippen LogP contribution is 2.36. The SMILES string of the molecule is O=C(COc1c(Br)cc(Br)cc1Br)N/N=C\c1cc(Br)ccc1OC(=O)c1ccco1. The molecule has 3 aromatic rings. The Hall–Kier alpha value is -1.95. The average molecular weight is 680 g/mol. The van der Waals surface area contributed by atoms with Crippen LogP contribution in [-0.2, 0) is 4.79 Å². The third-order valence-electron chi connectivity index (χ3n) is 3.60. The first kappa shape index (κ1) is 23.7. The van der Waals surface area contributed by atoms with Gasteiger partial charge in [-0.05, 0) is 74.3 Å². The third-order valence-corrected chi connectivity index (χ3v) is 5.73. The Bertz CT molecular complexity index is 1110. The van der Waals surface area contributed by atoms with Crippen molar-refractivity contribution in [3.8, 4) is 11.5 Å². The Morgan fingerprint density at radius 1 is 1.03 bits per heavy atom. The first-order valence-electron chi connectivity index (χ1n) is 8.48. The van der Waals surface area contributed by atoms with E-state index in [1.54, 1.807) is 36.4 Å². The van der Waals surface area contributed by atoms with Crippen molar-refractivity contribution >= 4 is 81.8 Å². The van der Waals surface area contributed by atoms with Gasteiger partial charge in [-0.2, -0.15) is 5.10 Å². The summed E-state index contributed by atoms with van der Waals surface area (Å²) in [6.45, 7) is -0.255. The molecule has 1 aromatic heterocycles. The molecule has 0 radical (unpaired) electrons. The molecule has 1 heterocycles. The van der Waals surface area contributed by atoms with Gasteiger partial charge in [-0.15, -0.1) is 0 Å². The highest BCUT2D eigenvalue weighted by molar-refractivity contribution is 9.11. The second-order valence-corrected chi connectivity index (χ2v) is 9.37. The van der Waals surface area contributed by atoms with Crippen molar-refractivity contribution in [2.45, 2.75) is 0 Å². The fourth-order valence-corrected chi connectivity index (χ4v) is 5.14. The number of amides is 1. The van der Waals surface area contributed by atoms with Crippen LogP contribution in [0.3, 0.4) is 0 Å². The van der Waals surface area contributed by atoms with Crippen molar-refractivity contribution in [2.75, 3.05) is 6.61 Å². The molecule has 0 aliphatic rings. The van der Waals surface area contributed by atoms with Crippen molar-refractivity contribution < 1.29 is 23.5 Å². The Balaban J connectivity index is 1.62. The van der Waals surface area contributed by atoms with Crippen LogP contribution >= 0.6 is 63.7 Å². The number of rotatable bonds is 7. The minimum atomic E-state index is -0.648. The van der Waals surface area contributed by atoms with E-state index >= 15 is 0 Å². The molecule has 0 unspecified atom stereocenters. The van der Waals surface area contributed by atoms with E-state index in [1.165, 1.54) is 18.5 Å². The predicted molar refractivity (Wildman–Crippen MR) is 129 cm³/mol. The van der Waals surface area contributed by atoms with E-state index in [-0.39, 0.29) is 18.1 Å². The van der Waals surface area contributed by atoms with Crippen molar-refractivity contribution in [3.05, 3.63) is 77.9 Å². The number of ether oxygens (including phenoxy) is 2. The molecule has 0 saturated carbocycles. The third kappa shape index (κ3) is 6.76. The first-order valence-corrected chi connectivity index (χ1v) is 11.6. The zero-order valence-corrected chi connectivity index (χ0v) is 21.7. The number of furan rings is 1. The summed E-state index contributed by atoms with van der Waals surface area (Å²) in [5.74, 6) is -0.309.